The van der Waals surface area contributed by atoms with Crippen molar-refractivity contribution in [2.45, 2.75) is 0 Å². The highest BCUT2D eigenvalue weighted by molar-refractivity contribution is 7.25. The number of ether oxygens (including phenoxy) is 1. The molecule has 0 N–H and O–H groups in total. The van der Waals surface area contributed by atoms with Crippen molar-refractivity contribution in [3.05, 3.63) is 158 Å². The number of fused-ring (bicyclic) bond motifs is 8. The van der Waals surface area contributed by atoms with Crippen LogP contribution >= 0.6 is 11.3 Å². The highest BCUT2D eigenvalue weighted by Crippen LogP contribution is 2.53. The topological polar surface area (TPSA) is 28.9 Å². The Morgan fingerprint density at radius 1 is 0.447 bits per heavy atom. The number of thiophene rings is 1. The Balaban J connectivity index is 1.14. The van der Waals surface area contributed by atoms with E-state index in [-0.39, 0.29) is 0 Å². The second-order valence-corrected chi connectivity index (χ2v) is 12.9. The summed E-state index contributed by atoms with van der Waals surface area (Å²) in [5.41, 5.74) is 7.90. The molecule has 10 rings (SSSR count). The first-order chi connectivity index (χ1) is 23.3. The highest BCUT2D eigenvalue weighted by atomic mass is 32.1. The van der Waals surface area contributed by atoms with E-state index >= 15 is 0 Å². The van der Waals surface area contributed by atoms with Crippen LogP contribution in [0.15, 0.2) is 162 Å². The number of furan rings is 1. The minimum absolute atomic E-state index is 0.786. The van der Waals surface area contributed by atoms with Crippen LogP contribution in [0.3, 0.4) is 0 Å². The lowest BCUT2D eigenvalue weighted by Crippen LogP contribution is -2.16. The van der Waals surface area contributed by atoms with Gasteiger partial charge in [0.15, 0.2) is 11.5 Å². The van der Waals surface area contributed by atoms with Gasteiger partial charge in [0, 0.05) is 60.1 Å². The van der Waals surface area contributed by atoms with E-state index in [1.165, 1.54) is 20.2 Å². The Labute approximate surface area is 274 Å². The van der Waals surface area contributed by atoms with E-state index in [0.717, 1.165) is 67.6 Å². The fourth-order valence-electron chi connectivity index (χ4n) is 6.89. The molecule has 0 atom stereocenters. The summed E-state index contributed by atoms with van der Waals surface area (Å²) < 4.78 is 15.5. The fourth-order valence-corrected chi connectivity index (χ4v) is 7.98. The summed E-state index contributed by atoms with van der Waals surface area (Å²) in [6, 6.07) is 55.3. The SMILES string of the molecule is c1ccc(N(c2ccc3c(c2)Oc2ccccc2N3c2ccc3c(c2)oc2ccccc23)c2ccc3sc4ccccc4c3c2)cc1. The van der Waals surface area contributed by atoms with Crippen LogP contribution in [-0.2, 0) is 0 Å². The second kappa shape index (κ2) is 10.2. The van der Waals surface area contributed by atoms with Crippen LogP contribution in [0, 0.1) is 0 Å². The van der Waals surface area contributed by atoms with Gasteiger partial charge in [0.1, 0.15) is 11.2 Å². The van der Waals surface area contributed by atoms with Gasteiger partial charge in [0.2, 0.25) is 0 Å². The Morgan fingerprint density at radius 2 is 1.15 bits per heavy atom. The summed E-state index contributed by atoms with van der Waals surface area (Å²) >= 11 is 1.83. The predicted octanol–water partition coefficient (Wildman–Crippen LogP) is 13.0. The number of anilines is 6. The molecule has 0 saturated heterocycles. The number of benzene rings is 7. The minimum atomic E-state index is 0.786. The predicted molar refractivity (Wildman–Crippen MR) is 196 cm³/mol. The standard InChI is InChI=1S/C42H26N2O2S/c1-2-10-27(11-3-1)43(28-20-23-42-34(24-28)33-13-5-9-17-41(33)47-42)29-19-22-36-40(26-29)46-38-16-8-6-14-35(38)44(36)30-18-21-32-31-12-4-7-15-37(31)45-39(32)25-30/h1-26H. The Morgan fingerprint density at radius 3 is 2.09 bits per heavy atom. The Bertz CT molecular complexity index is 2640. The fraction of sp³-hybridized carbons (Fsp3) is 0. The number of hydrogen-bond acceptors (Lipinski definition) is 5. The number of nitrogens with zero attached hydrogens (tertiary/aromatic N) is 2. The number of rotatable bonds is 4. The van der Waals surface area contributed by atoms with Gasteiger partial charge < -0.3 is 19.0 Å². The van der Waals surface area contributed by atoms with E-state index in [1.54, 1.807) is 0 Å². The molecular weight excluding hydrogens is 597 g/mol. The van der Waals surface area contributed by atoms with E-state index < -0.39 is 0 Å². The zero-order valence-corrected chi connectivity index (χ0v) is 25.9. The third-order valence-corrected chi connectivity index (χ3v) is 10.2. The molecule has 47 heavy (non-hydrogen) atoms. The second-order valence-electron chi connectivity index (χ2n) is 11.8. The van der Waals surface area contributed by atoms with Crippen molar-refractivity contribution in [3.8, 4) is 11.5 Å². The quantitative estimate of drug-likeness (QED) is 0.195. The maximum atomic E-state index is 6.65. The summed E-state index contributed by atoms with van der Waals surface area (Å²) in [5, 5.41) is 4.77. The third-order valence-electron chi connectivity index (χ3n) is 9.02. The maximum absolute atomic E-state index is 6.65. The first-order valence-corrected chi connectivity index (χ1v) is 16.5. The van der Waals surface area contributed by atoms with Gasteiger partial charge in [0.05, 0.1) is 17.1 Å². The van der Waals surface area contributed by atoms with Crippen molar-refractivity contribution >= 4 is 87.6 Å². The summed E-state index contributed by atoms with van der Waals surface area (Å²) in [6.45, 7) is 0. The average Bonchev–Trinajstić information content (AvgIpc) is 3.69. The minimum Gasteiger partial charge on any atom is -0.456 e. The van der Waals surface area contributed by atoms with Gasteiger partial charge in [0.25, 0.3) is 0 Å². The molecule has 0 radical (unpaired) electrons. The lowest BCUT2D eigenvalue weighted by atomic mass is 10.1. The molecule has 5 heteroatoms. The lowest BCUT2D eigenvalue weighted by Gasteiger charge is -2.34. The molecule has 1 aliphatic rings. The van der Waals surface area contributed by atoms with Gasteiger partial charge >= 0.3 is 0 Å². The van der Waals surface area contributed by atoms with Crippen LogP contribution in [-0.4, -0.2) is 0 Å². The molecule has 9 aromatic rings. The first-order valence-electron chi connectivity index (χ1n) is 15.7. The molecular formula is C42H26N2O2S. The average molecular weight is 623 g/mol. The number of hydrogen-bond donors (Lipinski definition) is 0. The van der Waals surface area contributed by atoms with Gasteiger partial charge in [-0.2, -0.15) is 0 Å². The van der Waals surface area contributed by atoms with Crippen molar-refractivity contribution in [3.63, 3.8) is 0 Å². The lowest BCUT2D eigenvalue weighted by molar-refractivity contribution is 0.477. The molecule has 2 aromatic heterocycles. The molecule has 0 fully saturated rings. The van der Waals surface area contributed by atoms with Crippen molar-refractivity contribution in [1.82, 2.24) is 0 Å². The monoisotopic (exact) mass is 622 g/mol. The van der Waals surface area contributed by atoms with Crippen molar-refractivity contribution < 1.29 is 9.15 Å². The van der Waals surface area contributed by atoms with Crippen molar-refractivity contribution in [2.24, 2.45) is 0 Å². The van der Waals surface area contributed by atoms with Gasteiger partial charge in [-0.05, 0) is 78.9 Å². The Kier molecular flexibility index (Phi) is 5.71. The van der Waals surface area contributed by atoms with Crippen molar-refractivity contribution in [1.29, 1.82) is 0 Å². The van der Waals surface area contributed by atoms with E-state index in [1.807, 2.05) is 35.6 Å². The number of para-hydroxylation sites is 4. The van der Waals surface area contributed by atoms with E-state index in [4.69, 9.17) is 9.15 Å². The summed E-state index contributed by atoms with van der Waals surface area (Å²) in [6.07, 6.45) is 0. The van der Waals surface area contributed by atoms with Crippen LogP contribution < -0.4 is 14.5 Å². The molecule has 1 aliphatic heterocycles. The molecule has 0 amide bonds. The highest BCUT2D eigenvalue weighted by Gasteiger charge is 2.28. The van der Waals surface area contributed by atoms with E-state index in [0.29, 0.717) is 0 Å². The van der Waals surface area contributed by atoms with Crippen LogP contribution in [0.1, 0.15) is 0 Å². The Hall–Kier alpha value is -6.04. The molecule has 7 aromatic carbocycles. The van der Waals surface area contributed by atoms with Crippen LogP contribution in [0.5, 0.6) is 11.5 Å². The first kappa shape index (κ1) is 26.2. The summed E-state index contributed by atoms with van der Waals surface area (Å²) in [5.74, 6) is 1.59. The molecule has 222 valence electrons. The molecule has 4 nitrogen and oxygen atoms in total. The van der Waals surface area contributed by atoms with Gasteiger partial charge in [-0.15, -0.1) is 11.3 Å². The molecule has 0 bridgehead atoms. The van der Waals surface area contributed by atoms with Crippen LogP contribution in [0.25, 0.3) is 42.1 Å². The third kappa shape index (κ3) is 4.14. The normalized spacial score (nSPS) is 12.4. The largest absolute Gasteiger partial charge is 0.456 e. The molecule has 0 aliphatic carbocycles. The van der Waals surface area contributed by atoms with Crippen LogP contribution in [0.4, 0.5) is 34.1 Å². The molecule has 0 saturated carbocycles. The summed E-state index contributed by atoms with van der Waals surface area (Å²) in [7, 11) is 0. The molecule has 0 unspecified atom stereocenters. The summed E-state index contributed by atoms with van der Waals surface area (Å²) in [4.78, 5) is 4.57. The van der Waals surface area contributed by atoms with Crippen LogP contribution in [0.2, 0.25) is 0 Å². The van der Waals surface area contributed by atoms with Gasteiger partial charge in [-0.1, -0.05) is 66.7 Å². The van der Waals surface area contributed by atoms with Crippen molar-refractivity contribution in [2.75, 3.05) is 9.80 Å². The van der Waals surface area contributed by atoms with E-state index in [2.05, 4.69) is 143 Å². The maximum Gasteiger partial charge on any atom is 0.153 e. The van der Waals surface area contributed by atoms with Gasteiger partial charge in [-0.3, -0.25) is 0 Å². The van der Waals surface area contributed by atoms with E-state index in [9.17, 15) is 0 Å². The zero-order valence-electron chi connectivity index (χ0n) is 25.1. The molecule has 3 heterocycles. The zero-order chi connectivity index (χ0) is 30.9. The van der Waals surface area contributed by atoms with Gasteiger partial charge in [-0.25, -0.2) is 0 Å². The molecule has 0 spiro atoms. The smallest absolute Gasteiger partial charge is 0.153 e.